The monoisotopic (exact) mass is 367 g/mol. The van der Waals surface area contributed by atoms with Crippen molar-refractivity contribution in [3.05, 3.63) is 91.4 Å². The highest BCUT2D eigenvalue weighted by atomic mass is 16.2. The molecule has 1 aliphatic carbocycles. The van der Waals surface area contributed by atoms with Gasteiger partial charge in [-0.2, -0.15) is 0 Å². The molecule has 0 heterocycles. The molecule has 1 N–H and O–H groups in total. The number of carbonyl (C=O) groups is 2. The van der Waals surface area contributed by atoms with Gasteiger partial charge in [0.05, 0.1) is 11.6 Å². The fourth-order valence-corrected chi connectivity index (χ4v) is 3.89. The highest BCUT2D eigenvalue weighted by Crippen LogP contribution is 2.33. The van der Waals surface area contributed by atoms with Crippen LogP contribution in [0.3, 0.4) is 0 Å². The van der Waals surface area contributed by atoms with E-state index in [1.807, 2.05) is 30.3 Å². The number of hydrogen-bond donors (Lipinski definition) is 1. The van der Waals surface area contributed by atoms with E-state index < -0.39 is 10.9 Å². The van der Waals surface area contributed by atoms with Crippen molar-refractivity contribution < 1.29 is 9.59 Å². The van der Waals surface area contributed by atoms with Crippen LogP contribution in [0.1, 0.15) is 27.1 Å². The summed E-state index contributed by atoms with van der Waals surface area (Å²) >= 11 is 0. The summed E-state index contributed by atoms with van der Waals surface area (Å²) in [4.78, 5) is 50.6. The molecule has 134 valence electrons. The summed E-state index contributed by atoms with van der Waals surface area (Å²) in [5, 5.41) is 4.50. The average molecular weight is 367 g/mol. The number of rotatable bonds is 2. The molecule has 4 aromatic rings. The molecule has 28 heavy (non-hydrogen) atoms. The first-order chi connectivity index (χ1) is 13.6. The standard InChI is InChI=1S/C23H13NO4/c25-18-10-19(26)14-7-9-16-21-15(8-6-13(18)20(14)21)22(27)17(23(16)28)11-24-12-4-2-1-3-5-12/h1-9,11,24H,10H2. The van der Waals surface area contributed by atoms with E-state index in [1.54, 1.807) is 24.3 Å². The van der Waals surface area contributed by atoms with Gasteiger partial charge in [-0.25, -0.2) is 0 Å². The zero-order chi connectivity index (χ0) is 19.4. The number of carbonyl (C=O) groups excluding carboxylic acids is 2. The van der Waals surface area contributed by atoms with E-state index in [1.165, 1.54) is 6.20 Å². The van der Waals surface area contributed by atoms with Gasteiger partial charge in [-0.15, -0.1) is 0 Å². The molecule has 5 rings (SSSR count). The van der Waals surface area contributed by atoms with Crippen LogP contribution in [-0.4, -0.2) is 11.6 Å². The third-order valence-corrected chi connectivity index (χ3v) is 5.22. The van der Waals surface area contributed by atoms with Gasteiger partial charge in [0.15, 0.2) is 22.4 Å². The second kappa shape index (κ2) is 5.82. The predicted molar refractivity (Wildman–Crippen MR) is 108 cm³/mol. The molecule has 0 saturated heterocycles. The first-order valence-electron chi connectivity index (χ1n) is 8.83. The normalized spacial score (nSPS) is 13.3. The van der Waals surface area contributed by atoms with Crippen molar-refractivity contribution in [2.24, 2.45) is 0 Å². The van der Waals surface area contributed by atoms with Gasteiger partial charge in [0.1, 0.15) is 0 Å². The molecule has 0 unspecified atom stereocenters. The van der Waals surface area contributed by atoms with E-state index >= 15 is 0 Å². The number of para-hydroxylation sites is 1. The highest BCUT2D eigenvalue weighted by Gasteiger charge is 2.27. The summed E-state index contributed by atoms with van der Waals surface area (Å²) < 4.78 is 0. The largest absolute Gasteiger partial charge is 0.361 e. The first-order valence-corrected chi connectivity index (χ1v) is 8.83. The average Bonchev–Trinajstić information content (AvgIpc) is 2.71. The van der Waals surface area contributed by atoms with E-state index in [4.69, 9.17) is 0 Å². The van der Waals surface area contributed by atoms with Crippen molar-refractivity contribution in [1.82, 2.24) is 0 Å². The highest BCUT2D eigenvalue weighted by molar-refractivity contribution is 6.31. The fourth-order valence-electron chi connectivity index (χ4n) is 3.89. The maximum absolute atomic E-state index is 13.0. The van der Waals surface area contributed by atoms with Crippen LogP contribution < -0.4 is 21.4 Å². The molecule has 0 saturated carbocycles. The van der Waals surface area contributed by atoms with Crippen LogP contribution in [0.25, 0.3) is 27.7 Å². The Morgan fingerprint density at radius 1 is 0.679 bits per heavy atom. The molecule has 0 spiro atoms. The predicted octanol–water partition coefficient (Wildman–Crippen LogP) is 2.49. The number of hydrogen-bond acceptors (Lipinski definition) is 5. The number of nitrogens with one attached hydrogen (secondary N) is 1. The summed E-state index contributed by atoms with van der Waals surface area (Å²) in [7, 11) is 0. The quantitative estimate of drug-likeness (QED) is 0.551. The molecule has 0 atom stereocenters. The van der Waals surface area contributed by atoms with E-state index in [-0.39, 0.29) is 23.2 Å². The van der Waals surface area contributed by atoms with Crippen molar-refractivity contribution in [2.75, 3.05) is 5.32 Å². The van der Waals surface area contributed by atoms with Crippen LogP contribution in [0.2, 0.25) is 0 Å². The van der Waals surface area contributed by atoms with E-state index in [0.29, 0.717) is 32.7 Å². The summed E-state index contributed by atoms with van der Waals surface area (Å²) in [6.45, 7) is 0. The molecule has 0 aromatic heterocycles. The van der Waals surface area contributed by atoms with Crippen LogP contribution in [0.15, 0.2) is 64.2 Å². The van der Waals surface area contributed by atoms with Crippen molar-refractivity contribution in [3.63, 3.8) is 0 Å². The SMILES string of the molecule is O=C1CC(=O)c2ccc3c(=O)c(=CNc4ccccc4)c(=O)c4ccc1c2c43. The Hall–Kier alpha value is -3.86. The molecular weight excluding hydrogens is 354 g/mol. The molecule has 5 nitrogen and oxygen atoms in total. The minimum Gasteiger partial charge on any atom is -0.361 e. The molecule has 0 fully saturated rings. The van der Waals surface area contributed by atoms with Gasteiger partial charge in [-0.1, -0.05) is 18.2 Å². The second-order valence-corrected chi connectivity index (χ2v) is 6.82. The van der Waals surface area contributed by atoms with Crippen molar-refractivity contribution in [3.8, 4) is 0 Å². The van der Waals surface area contributed by atoms with E-state index in [9.17, 15) is 19.2 Å². The van der Waals surface area contributed by atoms with Crippen LogP contribution >= 0.6 is 0 Å². The van der Waals surface area contributed by atoms with Crippen LogP contribution in [0.4, 0.5) is 5.69 Å². The van der Waals surface area contributed by atoms with Crippen molar-refractivity contribution in [1.29, 1.82) is 0 Å². The molecule has 5 heteroatoms. The maximum Gasteiger partial charge on any atom is 0.199 e. The minimum absolute atomic E-state index is 0.0212. The summed E-state index contributed by atoms with van der Waals surface area (Å²) in [6.07, 6.45) is 1.23. The molecule has 0 radical (unpaired) electrons. The van der Waals surface area contributed by atoms with Gasteiger partial charge in [-0.3, -0.25) is 19.2 Å². The molecule has 1 aliphatic rings. The van der Waals surface area contributed by atoms with Crippen LogP contribution in [-0.2, 0) is 0 Å². The van der Waals surface area contributed by atoms with Gasteiger partial charge < -0.3 is 5.32 Å². The Labute approximate surface area is 158 Å². The topological polar surface area (TPSA) is 80.3 Å². The Bertz CT molecular complexity index is 1390. The zero-order valence-corrected chi connectivity index (χ0v) is 14.6. The lowest BCUT2D eigenvalue weighted by molar-refractivity contribution is 0.0890. The number of ketones is 2. The summed E-state index contributed by atoms with van der Waals surface area (Å²) in [6, 6.07) is 15.5. The zero-order valence-electron chi connectivity index (χ0n) is 14.6. The Kier molecular flexibility index (Phi) is 3.39. The van der Waals surface area contributed by atoms with Gasteiger partial charge in [0, 0.05) is 44.6 Å². The third kappa shape index (κ3) is 2.19. The lowest BCUT2D eigenvalue weighted by Gasteiger charge is -2.17. The fraction of sp³-hybridized carbons (Fsp3) is 0.0435. The minimum atomic E-state index is -0.421. The third-order valence-electron chi connectivity index (χ3n) is 5.22. The smallest absolute Gasteiger partial charge is 0.199 e. The van der Waals surface area contributed by atoms with E-state index in [0.717, 1.165) is 5.69 Å². The van der Waals surface area contributed by atoms with Gasteiger partial charge in [-0.05, 0) is 36.4 Å². The maximum atomic E-state index is 13.0. The molecule has 0 amide bonds. The molecular formula is C23H13NO4. The Balaban J connectivity index is 1.88. The second-order valence-electron chi connectivity index (χ2n) is 6.82. The van der Waals surface area contributed by atoms with E-state index in [2.05, 4.69) is 5.32 Å². The van der Waals surface area contributed by atoms with Gasteiger partial charge in [0.2, 0.25) is 0 Å². The molecule has 0 bridgehead atoms. The van der Waals surface area contributed by atoms with Crippen LogP contribution in [0, 0.1) is 0 Å². The lowest BCUT2D eigenvalue weighted by atomic mass is 9.84. The van der Waals surface area contributed by atoms with Gasteiger partial charge in [0.25, 0.3) is 0 Å². The molecule has 4 aromatic carbocycles. The number of anilines is 1. The summed E-state index contributed by atoms with van der Waals surface area (Å²) in [5.74, 6) is -0.568. The Morgan fingerprint density at radius 2 is 1.25 bits per heavy atom. The summed E-state index contributed by atoms with van der Waals surface area (Å²) in [5.41, 5.74) is 0.698. The number of benzene rings is 4. The van der Waals surface area contributed by atoms with Crippen molar-refractivity contribution in [2.45, 2.75) is 6.42 Å². The molecule has 0 aliphatic heterocycles. The van der Waals surface area contributed by atoms with Crippen molar-refractivity contribution >= 4 is 45.0 Å². The Morgan fingerprint density at radius 3 is 1.82 bits per heavy atom. The van der Waals surface area contributed by atoms with Crippen LogP contribution in [0.5, 0.6) is 0 Å². The van der Waals surface area contributed by atoms with Gasteiger partial charge >= 0.3 is 0 Å². The number of Topliss-reactive ketones (excluding diaryl/α,β-unsaturated/α-hetero) is 2. The lowest BCUT2D eigenvalue weighted by Crippen LogP contribution is -2.40. The first kappa shape index (κ1) is 16.3.